The summed E-state index contributed by atoms with van der Waals surface area (Å²) < 4.78 is 1.63. The number of rotatable bonds is 5. The summed E-state index contributed by atoms with van der Waals surface area (Å²) in [4.78, 5) is 14.6. The van der Waals surface area contributed by atoms with Crippen LogP contribution < -0.4 is 5.32 Å². The molecule has 0 atom stereocenters. The van der Waals surface area contributed by atoms with E-state index < -0.39 is 4.92 Å². The Kier molecular flexibility index (Phi) is 2.96. The van der Waals surface area contributed by atoms with E-state index in [4.69, 9.17) is 0 Å². The molecule has 1 aromatic heterocycles. The van der Waals surface area contributed by atoms with Gasteiger partial charge in [-0.25, -0.2) is 9.67 Å². The van der Waals surface area contributed by atoms with Crippen LogP contribution in [0.3, 0.4) is 0 Å². The summed E-state index contributed by atoms with van der Waals surface area (Å²) in [7, 11) is 0. The van der Waals surface area contributed by atoms with Crippen molar-refractivity contribution < 1.29 is 4.92 Å². The molecular formula is C12H13N5O2. The van der Waals surface area contributed by atoms with Crippen LogP contribution in [0.5, 0.6) is 0 Å². The van der Waals surface area contributed by atoms with Crippen LogP contribution in [-0.2, 0) is 6.54 Å². The quantitative estimate of drug-likeness (QED) is 0.648. The lowest BCUT2D eigenvalue weighted by molar-refractivity contribution is -0.384. The Balaban J connectivity index is 1.86. The average molecular weight is 259 g/mol. The van der Waals surface area contributed by atoms with Crippen LogP contribution in [0.15, 0.2) is 30.6 Å². The number of nitro groups is 1. The molecule has 0 bridgehead atoms. The van der Waals surface area contributed by atoms with Crippen molar-refractivity contribution >= 4 is 5.69 Å². The average Bonchev–Trinajstić information content (AvgIpc) is 3.13. The Labute approximate surface area is 109 Å². The van der Waals surface area contributed by atoms with E-state index in [1.165, 1.54) is 31.3 Å². The van der Waals surface area contributed by atoms with Crippen molar-refractivity contribution in [2.24, 2.45) is 0 Å². The monoisotopic (exact) mass is 259 g/mol. The molecule has 1 fully saturated rings. The maximum atomic E-state index is 10.8. The molecule has 0 saturated heterocycles. The molecule has 7 heteroatoms. The van der Waals surface area contributed by atoms with Gasteiger partial charge in [-0.3, -0.25) is 10.1 Å². The molecule has 1 N–H and O–H groups in total. The fraction of sp³-hybridized carbons (Fsp3) is 0.333. The van der Waals surface area contributed by atoms with Crippen molar-refractivity contribution in [3.63, 3.8) is 0 Å². The summed E-state index contributed by atoms with van der Waals surface area (Å²) in [5.41, 5.74) is 0.702. The highest BCUT2D eigenvalue weighted by Gasteiger charge is 2.21. The van der Waals surface area contributed by atoms with Crippen LogP contribution in [0.4, 0.5) is 5.69 Å². The molecule has 1 aromatic carbocycles. The molecule has 0 spiro atoms. The molecule has 1 heterocycles. The summed E-state index contributed by atoms with van der Waals surface area (Å²) in [5, 5.41) is 18.3. The number of nitro benzene ring substituents is 1. The second-order valence-corrected chi connectivity index (χ2v) is 4.52. The van der Waals surface area contributed by atoms with Crippen LogP contribution >= 0.6 is 0 Å². The summed E-state index contributed by atoms with van der Waals surface area (Å²) in [6.07, 6.45) is 3.86. The molecular weight excluding hydrogens is 246 g/mol. The predicted molar refractivity (Wildman–Crippen MR) is 67.9 cm³/mol. The highest BCUT2D eigenvalue weighted by atomic mass is 16.6. The Morgan fingerprint density at radius 3 is 3.05 bits per heavy atom. The largest absolute Gasteiger partial charge is 0.307 e. The van der Waals surface area contributed by atoms with Crippen molar-refractivity contribution in [3.05, 3.63) is 46.5 Å². The van der Waals surface area contributed by atoms with Crippen LogP contribution in [-0.4, -0.2) is 25.7 Å². The van der Waals surface area contributed by atoms with E-state index in [2.05, 4.69) is 15.4 Å². The third-order valence-electron chi connectivity index (χ3n) is 3.03. The van der Waals surface area contributed by atoms with Gasteiger partial charge in [-0.05, 0) is 18.9 Å². The van der Waals surface area contributed by atoms with Crippen molar-refractivity contribution in [2.45, 2.75) is 25.4 Å². The van der Waals surface area contributed by atoms with E-state index in [-0.39, 0.29) is 5.69 Å². The van der Waals surface area contributed by atoms with Gasteiger partial charge in [-0.1, -0.05) is 6.07 Å². The molecule has 0 amide bonds. The summed E-state index contributed by atoms with van der Waals surface area (Å²) in [5.74, 6) is 0.757. The lowest BCUT2D eigenvalue weighted by atomic mass is 10.3. The topological polar surface area (TPSA) is 85.9 Å². The molecule has 0 unspecified atom stereocenters. The van der Waals surface area contributed by atoms with E-state index in [1.54, 1.807) is 16.8 Å². The van der Waals surface area contributed by atoms with Crippen LogP contribution in [0.25, 0.3) is 5.69 Å². The van der Waals surface area contributed by atoms with Crippen molar-refractivity contribution in [1.29, 1.82) is 0 Å². The van der Waals surface area contributed by atoms with E-state index in [0.717, 1.165) is 5.82 Å². The molecule has 1 saturated carbocycles. The van der Waals surface area contributed by atoms with Gasteiger partial charge in [-0.2, -0.15) is 5.10 Å². The second-order valence-electron chi connectivity index (χ2n) is 4.52. The zero-order chi connectivity index (χ0) is 13.2. The lowest BCUT2D eigenvalue weighted by Gasteiger charge is -2.06. The molecule has 2 aromatic rings. The van der Waals surface area contributed by atoms with Gasteiger partial charge in [0.2, 0.25) is 0 Å². The first-order valence-electron chi connectivity index (χ1n) is 6.11. The van der Waals surface area contributed by atoms with Crippen molar-refractivity contribution in [2.75, 3.05) is 0 Å². The SMILES string of the molecule is O=[N+]([O-])c1cccc(-n2ncnc2CNC2CC2)c1. The molecule has 1 aliphatic rings. The van der Waals surface area contributed by atoms with Gasteiger partial charge >= 0.3 is 0 Å². The van der Waals surface area contributed by atoms with Gasteiger partial charge < -0.3 is 5.32 Å². The number of nitrogens with zero attached hydrogens (tertiary/aromatic N) is 4. The van der Waals surface area contributed by atoms with Crippen molar-refractivity contribution in [3.8, 4) is 5.69 Å². The molecule has 3 rings (SSSR count). The fourth-order valence-electron chi connectivity index (χ4n) is 1.86. The molecule has 0 radical (unpaired) electrons. The first kappa shape index (κ1) is 11.8. The fourth-order valence-corrected chi connectivity index (χ4v) is 1.86. The second kappa shape index (κ2) is 4.77. The number of aromatic nitrogens is 3. The maximum absolute atomic E-state index is 10.8. The van der Waals surface area contributed by atoms with Gasteiger partial charge in [0.05, 0.1) is 17.2 Å². The van der Waals surface area contributed by atoms with E-state index in [0.29, 0.717) is 18.3 Å². The zero-order valence-corrected chi connectivity index (χ0v) is 10.2. The normalized spacial score (nSPS) is 14.5. The summed E-state index contributed by atoms with van der Waals surface area (Å²) in [6, 6.07) is 6.96. The Morgan fingerprint density at radius 1 is 1.47 bits per heavy atom. The Hall–Kier alpha value is -2.28. The van der Waals surface area contributed by atoms with Crippen molar-refractivity contribution in [1.82, 2.24) is 20.1 Å². The summed E-state index contributed by atoms with van der Waals surface area (Å²) >= 11 is 0. The van der Waals surface area contributed by atoms with Gasteiger partial charge in [0.25, 0.3) is 5.69 Å². The Morgan fingerprint density at radius 2 is 2.32 bits per heavy atom. The third kappa shape index (κ3) is 2.60. The minimum absolute atomic E-state index is 0.0501. The van der Waals surface area contributed by atoms with E-state index in [1.807, 2.05) is 0 Å². The first-order chi connectivity index (χ1) is 9.24. The standard InChI is InChI=1S/C12H13N5O2/c18-17(19)11-3-1-2-10(6-11)16-12(14-8-15-16)7-13-9-4-5-9/h1-3,6,8-9,13H,4-5,7H2. The van der Waals surface area contributed by atoms with Gasteiger partial charge in [0.1, 0.15) is 12.2 Å². The predicted octanol–water partition coefficient (Wildman–Crippen LogP) is 1.43. The van der Waals surface area contributed by atoms with Crippen LogP contribution in [0.1, 0.15) is 18.7 Å². The van der Waals surface area contributed by atoms with E-state index >= 15 is 0 Å². The molecule has 7 nitrogen and oxygen atoms in total. The smallest absolute Gasteiger partial charge is 0.271 e. The van der Waals surface area contributed by atoms with Gasteiger partial charge in [0.15, 0.2) is 0 Å². The highest BCUT2D eigenvalue weighted by Crippen LogP contribution is 2.20. The molecule has 0 aliphatic heterocycles. The zero-order valence-electron chi connectivity index (χ0n) is 10.2. The van der Waals surface area contributed by atoms with Crippen LogP contribution in [0, 0.1) is 10.1 Å². The number of non-ortho nitro benzene ring substituents is 1. The number of nitrogens with one attached hydrogen (secondary N) is 1. The number of hydrogen-bond acceptors (Lipinski definition) is 5. The minimum Gasteiger partial charge on any atom is -0.307 e. The highest BCUT2D eigenvalue weighted by molar-refractivity contribution is 5.42. The third-order valence-corrected chi connectivity index (χ3v) is 3.03. The minimum atomic E-state index is -0.414. The molecule has 19 heavy (non-hydrogen) atoms. The number of hydrogen-bond donors (Lipinski definition) is 1. The van der Waals surface area contributed by atoms with Crippen LogP contribution in [0.2, 0.25) is 0 Å². The van der Waals surface area contributed by atoms with Gasteiger partial charge in [-0.15, -0.1) is 0 Å². The first-order valence-corrected chi connectivity index (χ1v) is 6.11. The van der Waals surface area contributed by atoms with E-state index in [9.17, 15) is 10.1 Å². The Bertz CT molecular complexity index is 606. The van der Waals surface area contributed by atoms with Gasteiger partial charge in [0, 0.05) is 18.2 Å². The summed E-state index contributed by atoms with van der Waals surface area (Å²) in [6.45, 7) is 0.618. The lowest BCUT2D eigenvalue weighted by Crippen LogP contribution is -2.18. The number of benzene rings is 1. The maximum Gasteiger partial charge on any atom is 0.271 e. The molecule has 98 valence electrons. The molecule has 1 aliphatic carbocycles.